The van der Waals surface area contributed by atoms with E-state index in [0.717, 1.165) is 32.5 Å². The molecule has 6 rings (SSSR count). The lowest BCUT2D eigenvalue weighted by molar-refractivity contribution is -0.139. The number of amides is 2. The van der Waals surface area contributed by atoms with Crippen molar-refractivity contribution in [2.75, 3.05) is 37.5 Å². The van der Waals surface area contributed by atoms with E-state index in [0.29, 0.717) is 5.56 Å². The summed E-state index contributed by atoms with van der Waals surface area (Å²) in [5, 5.41) is 31.6. The molecule has 3 unspecified atom stereocenters. The minimum Gasteiger partial charge on any atom is -0.480 e. The van der Waals surface area contributed by atoms with Crippen LogP contribution in [0.5, 0.6) is 0 Å². The molecule has 31 nitrogen and oxygen atoms in total. The molecule has 404 valence electrons. The Morgan fingerprint density at radius 1 is 1.04 bits per heavy atom. The third-order valence-electron chi connectivity index (χ3n) is 11.2. The molecule has 0 aliphatic carbocycles. The number of hydrogen-bond donors (Lipinski definition) is 9. The van der Waals surface area contributed by atoms with Crippen molar-refractivity contribution in [1.82, 2.24) is 39.7 Å². The molecule has 2 aliphatic rings. The summed E-state index contributed by atoms with van der Waals surface area (Å²) < 4.78 is 65.2. The van der Waals surface area contributed by atoms with Crippen LogP contribution in [-0.2, 0) is 53.1 Å². The van der Waals surface area contributed by atoms with Gasteiger partial charge in [-0.05, 0) is 57.0 Å². The number of anilines is 2. The first-order valence-electron chi connectivity index (χ1n) is 21.9. The Labute approximate surface area is 427 Å². The van der Waals surface area contributed by atoms with Crippen LogP contribution in [0.2, 0.25) is 0 Å². The molecule has 2 aliphatic heterocycles. The zero-order valence-corrected chi connectivity index (χ0v) is 43.0. The van der Waals surface area contributed by atoms with Gasteiger partial charge in [-0.1, -0.05) is 51.0 Å². The van der Waals surface area contributed by atoms with Crippen molar-refractivity contribution in [2.45, 2.75) is 99.9 Å². The zero-order valence-electron chi connectivity index (χ0n) is 39.6. The van der Waals surface area contributed by atoms with Crippen LogP contribution in [0.4, 0.5) is 26.9 Å². The summed E-state index contributed by atoms with van der Waals surface area (Å²) in [6, 6.07) is 5.91. The number of carbonyl (C=O) groups is 3. The summed E-state index contributed by atoms with van der Waals surface area (Å²) in [6.45, 7) is 2.06. The number of nitrogens with one attached hydrogen (secondary N) is 2. The fourth-order valence-corrected chi connectivity index (χ4v) is 12.2. The number of aliphatic carboxylic acids is 1. The number of carboxylic acid groups (broad SMARTS) is 1. The number of aliphatic hydroxyl groups is 1. The number of hydrogen-bond acceptors (Lipinski definition) is 23. The van der Waals surface area contributed by atoms with E-state index in [9.17, 15) is 53.2 Å². The highest BCUT2D eigenvalue weighted by atomic mass is 33.1. The number of phosphoric ester groups is 2. The lowest BCUT2D eigenvalue weighted by Crippen LogP contribution is -2.54. The van der Waals surface area contributed by atoms with E-state index in [1.165, 1.54) is 29.2 Å². The number of rotatable bonds is 23. The Morgan fingerprint density at radius 3 is 2.45 bits per heavy atom. The second-order valence-electron chi connectivity index (χ2n) is 17.4. The SMILES string of the molecule is CSSC(CCC(NC(=O)OC(C)(C)C)C(=O)O)(CNC(=O)OCc1ccccc1N=[N+]=[N-])[C@H]1[C@@H](O)[C@H](n2cnc3c(N)ncnc32)O[C@H]1COP(=O)(O)O[C@H]1C[C@H](n2ccc(N)nc2=O)O[C@@H]1COP(=O)(O)O. The maximum atomic E-state index is 14.0. The number of alkyl carbamates (subject to hydrolysis) is 2. The van der Waals surface area contributed by atoms with E-state index in [1.54, 1.807) is 45.2 Å². The van der Waals surface area contributed by atoms with Crippen LogP contribution in [0.15, 0.2) is 59.1 Å². The number of carbonyl (C=O) groups excluding carboxylic acids is 2. The normalized spacial score (nSPS) is 23.0. The maximum Gasteiger partial charge on any atom is 0.472 e. The Hall–Kier alpha value is -5.63. The molecule has 74 heavy (non-hydrogen) atoms. The fourth-order valence-electron chi connectivity index (χ4n) is 8.09. The molecule has 4 aromatic rings. The van der Waals surface area contributed by atoms with Gasteiger partial charge < -0.3 is 65.9 Å². The predicted molar refractivity (Wildman–Crippen MR) is 261 cm³/mol. The Bertz CT molecular complexity index is 2870. The largest absolute Gasteiger partial charge is 0.480 e. The van der Waals surface area contributed by atoms with Crippen LogP contribution >= 0.6 is 37.2 Å². The Balaban J connectivity index is 1.36. The van der Waals surface area contributed by atoms with Crippen LogP contribution < -0.4 is 27.8 Å². The summed E-state index contributed by atoms with van der Waals surface area (Å²) in [7, 11) is -8.37. The predicted octanol–water partition coefficient (Wildman–Crippen LogP) is 3.40. The van der Waals surface area contributed by atoms with Gasteiger partial charge in [0.1, 0.15) is 60.5 Å². The highest BCUT2D eigenvalue weighted by molar-refractivity contribution is 8.77. The number of benzene rings is 1. The quantitative estimate of drug-likeness (QED) is 0.0169. The lowest BCUT2D eigenvalue weighted by Gasteiger charge is -2.41. The topological polar surface area (TPSA) is 454 Å². The van der Waals surface area contributed by atoms with Crippen molar-refractivity contribution in [1.29, 1.82) is 0 Å². The van der Waals surface area contributed by atoms with Crippen molar-refractivity contribution >= 4 is 83.9 Å². The van der Waals surface area contributed by atoms with Gasteiger partial charge in [0.05, 0.1) is 30.4 Å². The molecule has 2 fully saturated rings. The molecule has 2 amide bonds. The second kappa shape index (κ2) is 24.4. The molecular formula is C39H53N13O18P2S2. The average molecular weight is 1120 g/mol. The molecule has 5 heterocycles. The van der Waals surface area contributed by atoms with Gasteiger partial charge >= 0.3 is 39.5 Å². The van der Waals surface area contributed by atoms with Gasteiger partial charge in [-0.25, -0.2) is 43.3 Å². The number of carboxylic acids is 1. The van der Waals surface area contributed by atoms with Crippen LogP contribution in [0, 0.1) is 5.92 Å². The van der Waals surface area contributed by atoms with E-state index in [1.807, 2.05) is 0 Å². The maximum absolute atomic E-state index is 14.0. The van der Waals surface area contributed by atoms with Crippen molar-refractivity contribution in [3.8, 4) is 0 Å². The summed E-state index contributed by atoms with van der Waals surface area (Å²) >= 11 is 0. The second-order valence-corrected chi connectivity index (χ2v) is 22.9. The van der Waals surface area contributed by atoms with Crippen molar-refractivity contribution in [2.24, 2.45) is 11.0 Å². The molecule has 0 bridgehead atoms. The number of nitrogens with zero attached hydrogens (tertiary/aromatic N) is 9. The highest BCUT2D eigenvalue weighted by Gasteiger charge is 2.57. The monoisotopic (exact) mass is 1120 g/mol. The Kier molecular flexibility index (Phi) is 19.0. The summed E-state index contributed by atoms with van der Waals surface area (Å²) in [5.74, 6) is -3.01. The standard InChI is InChI=1S/C39H53N13O18P2S2/c1-38(2,3)69-37(58)47-22(34(54)55)9-11-39(74-73-4,17-43-36(57)64-14-20-7-5-6-8-21(20)49-50-42)28-25(68-33(30(28)53)52-19-46-29-31(41)44-18-45-32(29)52)16-66-72(62,63)70-23-13-27(51-12-10-26(40)48-35(51)56)67-24(23)15-65-71(59,60)61/h5-8,10,12,18-19,22-25,27-28,30,33,53H,9,11,13-17H2,1-4H3,(H,43,57)(H,47,58)(H,54,55)(H,62,63)(H2,40,48,56)(H2,41,44,45)(H2,59,60,61)/t22?,23-,24+,25-,27+,28+,30+,33+,39?/m0/s1. The minimum atomic E-state index is -5.37. The van der Waals surface area contributed by atoms with Gasteiger partial charge in [0.15, 0.2) is 17.7 Å². The Morgan fingerprint density at radius 2 is 1.77 bits per heavy atom. The zero-order chi connectivity index (χ0) is 54.2. The van der Waals surface area contributed by atoms with Crippen LogP contribution in [0.3, 0.4) is 0 Å². The molecule has 2 saturated heterocycles. The number of phosphoric acid groups is 2. The molecular weight excluding hydrogens is 1060 g/mol. The van der Waals surface area contributed by atoms with Crippen molar-refractivity contribution in [3.63, 3.8) is 0 Å². The minimum absolute atomic E-state index is 0.0366. The highest BCUT2D eigenvalue weighted by Crippen LogP contribution is 2.54. The number of ether oxygens (including phenoxy) is 4. The van der Waals surface area contributed by atoms with Gasteiger partial charge in [0.2, 0.25) is 0 Å². The first kappa shape index (κ1) is 57.6. The number of aromatic nitrogens is 6. The van der Waals surface area contributed by atoms with E-state index in [-0.39, 0.29) is 41.5 Å². The van der Waals surface area contributed by atoms with Crippen LogP contribution in [0.25, 0.3) is 21.6 Å². The summed E-state index contributed by atoms with van der Waals surface area (Å²) in [6.07, 6.45) is -7.00. The van der Waals surface area contributed by atoms with Gasteiger partial charge in [-0.15, -0.1) is 0 Å². The number of imidazole rings is 1. The third kappa shape index (κ3) is 15.0. The van der Waals surface area contributed by atoms with Crippen molar-refractivity contribution in [3.05, 3.63) is 75.7 Å². The number of aliphatic hydroxyl groups excluding tert-OH is 1. The lowest BCUT2D eigenvalue weighted by atomic mass is 9.79. The van der Waals surface area contributed by atoms with E-state index in [4.69, 9.17) is 45.0 Å². The third-order valence-corrected chi connectivity index (χ3v) is 15.3. The van der Waals surface area contributed by atoms with Crippen LogP contribution in [-0.4, -0.2) is 139 Å². The molecule has 3 aromatic heterocycles. The van der Waals surface area contributed by atoms with Gasteiger partial charge in [0, 0.05) is 35.7 Å². The molecule has 11 N–H and O–H groups in total. The molecule has 10 atom stereocenters. The smallest absolute Gasteiger partial charge is 0.472 e. The van der Waals surface area contributed by atoms with Gasteiger partial charge in [-0.3, -0.25) is 22.7 Å². The average Bonchev–Trinajstić information content (AvgIpc) is 4.02. The number of azide groups is 1. The summed E-state index contributed by atoms with van der Waals surface area (Å²) in [5.41, 5.74) is 19.5. The van der Waals surface area contributed by atoms with Gasteiger partial charge in [0.25, 0.3) is 0 Å². The van der Waals surface area contributed by atoms with Gasteiger partial charge in [-0.2, -0.15) is 4.98 Å². The van der Waals surface area contributed by atoms with E-state index >= 15 is 0 Å². The van der Waals surface area contributed by atoms with E-state index < -0.39 is 131 Å². The summed E-state index contributed by atoms with van der Waals surface area (Å²) in [4.78, 5) is 101. The number of nitrogen functional groups attached to an aromatic ring is 2. The fraction of sp³-hybridized carbons (Fsp3) is 0.538. The molecule has 0 saturated carbocycles. The molecule has 1 aromatic carbocycles. The number of fused-ring (bicyclic) bond motifs is 1. The van der Waals surface area contributed by atoms with Crippen molar-refractivity contribution < 1.29 is 80.9 Å². The first-order chi connectivity index (χ1) is 34.8. The van der Waals surface area contributed by atoms with Crippen LogP contribution in [0.1, 0.15) is 58.1 Å². The van der Waals surface area contributed by atoms with E-state index in [2.05, 4.69) is 45.1 Å². The molecule has 35 heteroatoms. The molecule has 0 radical (unpaired) electrons. The molecule has 0 spiro atoms. The number of nitrogens with two attached hydrogens (primary N) is 2. The first-order valence-corrected chi connectivity index (χ1v) is 27.5.